The Morgan fingerprint density at radius 2 is 1.81 bits per heavy atom. The van der Waals surface area contributed by atoms with Crippen LogP contribution in [0.1, 0.15) is 56.0 Å². The average Bonchev–Trinajstić information content (AvgIpc) is 2.49. The zero-order chi connectivity index (χ0) is 15.8. The van der Waals surface area contributed by atoms with Crippen molar-refractivity contribution in [1.29, 1.82) is 0 Å². The molecule has 1 aromatic carbocycles. The minimum atomic E-state index is -0.989. The van der Waals surface area contributed by atoms with Crippen molar-refractivity contribution >= 4 is 11.9 Å². The normalized spacial score (nSPS) is 13.5. The third-order valence-electron chi connectivity index (χ3n) is 3.80. The van der Waals surface area contributed by atoms with Crippen LogP contribution in [-0.2, 0) is 11.2 Å². The molecule has 2 unspecified atom stereocenters. The lowest BCUT2D eigenvalue weighted by molar-refractivity contribution is -0.140. The van der Waals surface area contributed by atoms with Crippen LogP contribution in [0.15, 0.2) is 24.3 Å². The number of rotatable bonds is 8. The third kappa shape index (κ3) is 5.21. The van der Waals surface area contributed by atoms with E-state index in [1.807, 2.05) is 26.0 Å². The number of unbranched alkanes of at least 4 members (excludes halogenated alkanes) is 1. The van der Waals surface area contributed by atoms with E-state index in [2.05, 4.69) is 12.2 Å². The summed E-state index contributed by atoms with van der Waals surface area (Å²) < 4.78 is 0. The smallest absolute Gasteiger partial charge is 0.326 e. The number of hydrogen-bond acceptors (Lipinski definition) is 2. The second kappa shape index (κ2) is 8.45. The lowest BCUT2D eigenvalue weighted by Crippen LogP contribution is -2.45. The van der Waals surface area contributed by atoms with E-state index in [4.69, 9.17) is 0 Å². The molecule has 2 N–H and O–H groups in total. The number of nitrogens with one attached hydrogen (secondary N) is 1. The summed E-state index contributed by atoms with van der Waals surface area (Å²) >= 11 is 0. The van der Waals surface area contributed by atoms with E-state index < -0.39 is 12.0 Å². The summed E-state index contributed by atoms with van der Waals surface area (Å²) in [5, 5.41) is 11.8. The Morgan fingerprint density at radius 3 is 2.29 bits per heavy atom. The highest BCUT2D eigenvalue weighted by Gasteiger charge is 2.25. The molecular weight excluding hydrogens is 266 g/mol. The topological polar surface area (TPSA) is 66.4 Å². The van der Waals surface area contributed by atoms with E-state index >= 15 is 0 Å². The number of aliphatic carboxylic acids is 1. The number of carboxylic acid groups (broad SMARTS) is 1. The Kier molecular flexibility index (Phi) is 6.92. The second-order valence-electron chi connectivity index (χ2n) is 5.48. The van der Waals surface area contributed by atoms with Crippen LogP contribution in [-0.4, -0.2) is 23.0 Å². The highest BCUT2D eigenvalue weighted by atomic mass is 16.4. The van der Waals surface area contributed by atoms with Crippen molar-refractivity contribution in [3.05, 3.63) is 35.4 Å². The predicted molar refractivity (Wildman–Crippen MR) is 83.4 cm³/mol. The number of carbonyl (C=O) groups excluding carboxylic acids is 1. The van der Waals surface area contributed by atoms with E-state index in [1.54, 1.807) is 12.1 Å². The molecule has 21 heavy (non-hydrogen) atoms. The van der Waals surface area contributed by atoms with Gasteiger partial charge in [0.1, 0.15) is 6.04 Å². The van der Waals surface area contributed by atoms with Crippen molar-refractivity contribution in [1.82, 2.24) is 5.32 Å². The lowest BCUT2D eigenvalue weighted by Gasteiger charge is -2.20. The van der Waals surface area contributed by atoms with Crippen molar-refractivity contribution < 1.29 is 14.7 Å². The molecule has 1 amide bonds. The van der Waals surface area contributed by atoms with Crippen LogP contribution in [0.25, 0.3) is 0 Å². The van der Waals surface area contributed by atoms with Crippen LogP contribution >= 0.6 is 0 Å². The zero-order valence-corrected chi connectivity index (χ0v) is 13.1. The van der Waals surface area contributed by atoms with Crippen molar-refractivity contribution in [2.75, 3.05) is 0 Å². The van der Waals surface area contributed by atoms with Gasteiger partial charge in [-0.25, -0.2) is 4.79 Å². The predicted octanol–water partition coefficient (Wildman–Crippen LogP) is 3.26. The van der Waals surface area contributed by atoms with Crippen molar-refractivity contribution in [3.63, 3.8) is 0 Å². The molecule has 1 aromatic rings. The van der Waals surface area contributed by atoms with E-state index in [-0.39, 0.29) is 11.8 Å². The Morgan fingerprint density at radius 1 is 1.19 bits per heavy atom. The summed E-state index contributed by atoms with van der Waals surface area (Å²) in [6.45, 7) is 5.88. The van der Waals surface area contributed by atoms with Gasteiger partial charge in [0, 0.05) is 5.56 Å². The van der Waals surface area contributed by atoms with Crippen LogP contribution in [0, 0.1) is 5.92 Å². The first-order valence-corrected chi connectivity index (χ1v) is 7.62. The van der Waals surface area contributed by atoms with Gasteiger partial charge in [-0.15, -0.1) is 0 Å². The lowest BCUT2D eigenvalue weighted by atomic mass is 9.98. The molecule has 0 aliphatic carbocycles. The van der Waals surface area contributed by atoms with Crippen molar-refractivity contribution in [2.45, 2.75) is 52.5 Å². The molecule has 0 fully saturated rings. The fourth-order valence-electron chi connectivity index (χ4n) is 2.11. The molecular formula is C17H25NO3. The largest absolute Gasteiger partial charge is 0.480 e. The Bertz CT molecular complexity index is 467. The van der Waals surface area contributed by atoms with Gasteiger partial charge in [0.05, 0.1) is 0 Å². The summed E-state index contributed by atoms with van der Waals surface area (Å²) in [6.07, 6.45) is 3.97. The van der Waals surface area contributed by atoms with Gasteiger partial charge in [0.25, 0.3) is 5.91 Å². The fraction of sp³-hybridized carbons (Fsp3) is 0.529. The molecule has 4 nitrogen and oxygen atoms in total. The first-order valence-electron chi connectivity index (χ1n) is 7.62. The zero-order valence-electron chi connectivity index (χ0n) is 13.1. The second-order valence-corrected chi connectivity index (χ2v) is 5.48. The van der Waals surface area contributed by atoms with E-state index in [0.717, 1.165) is 19.3 Å². The molecule has 0 aliphatic rings. The molecule has 116 valence electrons. The maximum absolute atomic E-state index is 12.1. The molecule has 0 spiro atoms. The van der Waals surface area contributed by atoms with Crippen LogP contribution in [0.5, 0.6) is 0 Å². The molecule has 2 atom stereocenters. The Hall–Kier alpha value is -1.84. The maximum atomic E-state index is 12.1. The highest BCUT2D eigenvalue weighted by Crippen LogP contribution is 2.11. The minimum Gasteiger partial charge on any atom is -0.480 e. The van der Waals surface area contributed by atoms with Gasteiger partial charge < -0.3 is 10.4 Å². The summed E-state index contributed by atoms with van der Waals surface area (Å²) in [5.74, 6) is -1.42. The third-order valence-corrected chi connectivity index (χ3v) is 3.80. The molecule has 0 bridgehead atoms. The van der Waals surface area contributed by atoms with Crippen LogP contribution in [0.3, 0.4) is 0 Å². The summed E-state index contributed by atoms with van der Waals surface area (Å²) in [4.78, 5) is 23.4. The van der Waals surface area contributed by atoms with Crippen LogP contribution < -0.4 is 5.32 Å². The van der Waals surface area contributed by atoms with Crippen molar-refractivity contribution in [3.8, 4) is 0 Å². The van der Waals surface area contributed by atoms with Gasteiger partial charge >= 0.3 is 5.97 Å². The number of carbonyl (C=O) groups is 2. The quantitative estimate of drug-likeness (QED) is 0.772. The fourth-order valence-corrected chi connectivity index (χ4v) is 2.11. The summed E-state index contributed by atoms with van der Waals surface area (Å²) in [5.41, 5.74) is 1.70. The highest BCUT2D eigenvalue weighted by molar-refractivity contribution is 5.96. The van der Waals surface area contributed by atoms with E-state index in [9.17, 15) is 14.7 Å². The molecule has 0 aliphatic heterocycles. The number of carboxylic acids is 1. The maximum Gasteiger partial charge on any atom is 0.326 e. The van der Waals surface area contributed by atoms with Crippen LogP contribution in [0.2, 0.25) is 0 Å². The van der Waals surface area contributed by atoms with Crippen molar-refractivity contribution in [2.24, 2.45) is 5.92 Å². The number of hydrogen-bond donors (Lipinski definition) is 2. The number of amides is 1. The molecule has 0 saturated heterocycles. The van der Waals surface area contributed by atoms with E-state index in [0.29, 0.717) is 12.0 Å². The summed E-state index contributed by atoms with van der Waals surface area (Å²) in [6, 6.07) is 6.54. The first-order chi connectivity index (χ1) is 9.99. The average molecular weight is 291 g/mol. The van der Waals surface area contributed by atoms with Gasteiger partial charge in [-0.05, 0) is 36.5 Å². The molecule has 4 heteroatoms. The van der Waals surface area contributed by atoms with Gasteiger partial charge in [-0.2, -0.15) is 0 Å². The number of aryl methyl sites for hydroxylation is 1. The van der Waals surface area contributed by atoms with Gasteiger partial charge in [0.2, 0.25) is 0 Å². The molecule has 0 radical (unpaired) electrons. The molecule has 0 saturated carbocycles. The Labute approximate surface area is 126 Å². The Balaban J connectivity index is 2.71. The number of benzene rings is 1. The van der Waals surface area contributed by atoms with Gasteiger partial charge in [-0.3, -0.25) is 4.79 Å². The van der Waals surface area contributed by atoms with Crippen LogP contribution in [0.4, 0.5) is 0 Å². The van der Waals surface area contributed by atoms with Gasteiger partial charge in [0.15, 0.2) is 0 Å². The monoisotopic (exact) mass is 291 g/mol. The summed E-state index contributed by atoms with van der Waals surface area (Å²) in [7, 11) is 0. The van der Waals surface area contributed by atoms with E-state index in [1.165, 1.54) is 5.56 Å². The SMILES string of the molecule is CCCCc1ccc(C(=O)NC(C(=O)O)C(C)CC)cc1. The molecule has 0 heterocycles. The molecule has 1 rings (SSSR count). The first kappa shape index (κ1) is 17.2. The van der Waals surface area contributed by atoms with Gasteiger partial charge in [-0.1, -0.05) is 45.7 Å². The standard InChI is InChI=1S/C17H25NO3/c1-4-6-7-13-8-10-14(11-9-13)16(19)18-15(17(20)21)12(3)5-2/h8-12,15H,4-7H2,1-3H3,(H,18,19)(H,20,21). The minimum absolute atomic E-state index is 0.102. The molecule has 0 aromatic heterocycles.